The zero-order valence-electron chi connectivity index (χ0n) is 10.2. The van der Waals surface area contributed by atoms with Crippen LogP contribution in [0.25, 0.3) is 0 Å². The Labute approximate surface area is 120 Å². The first-order valence-corrected chi connectivity index (χ1v) is 6.05. The molecule has 2 aromatic rings. The fourth-order valence-corrected chi connectivity index (χ4v) is 1.69. The largest absolute Gasteiger partial charge is 0.508 e. The Hall–Kier alpha value is -2.53. The van der Waals surface area contributed by atoms with Crippen LogP contribution >= 0.6 is 11.6 Å². The van der Waals surface area contributed by atoms with Gasteiger partial charge in [0.05, 0.1) is 11.8 Å². The summed E-state index contributed by atoms with van der Waals surface area (Å²) in [6.45, 7) is 0. The number of halogens is 1. The van der Waals surface area contributed by atoms with Gasteiger partial charge in [-0.15, -0.1) is 0 Å². The second kappa shape index (κ2) is 6.08. The molecule has 0 aliphatic rings. The van der Waals surface area contributed by atoms with Crippen LogP contribution in [0.4, 0.5) is 0 Å². The van der Waals surface area contributed by atoms with Crippen molar-refractivity contribution in [1.29, 1.82) is 0 Å². The first kappa shape index (κ1) is 13.9. The summed E-state index contributed by atoms with van der Waals surface area (Å²) in [6, 6.07) is 10.5. The van der Waals surface area contributed by atoms with Crippen LogP contribution < -0.4 is 5.43 Å². The highest BCUT2D eigenvalue weighted by atomic mass is 35.5. The number of hydrogen-bond donors (Lipinski definition) is 3. The van der Waals surface area contributed by atoms with Crippen molar-refractivity contribution in [2.75, 3.05) is 0 Å². The molecule has 2 aromatic carbocycles. The second-order valence-electron chi connectivity index (χ2n) is 3.96. The first-order chi connectivity index (χ1) is 9.56. The monoisotopic (exact) mass is 290 g/mol. The molecular formula is C14H11ClN2O3. The van der Waals surface area contributed by atoms with Gasteiger partial charge in [0.1, 0.15) is 11.5 Å². The molecule has 1 amide bonds. The van der Waals surface area contributed by atoms with Gasteiger partial charge < -0.3 is 10.2 Å². The van der Waals surface area contributed by atoms with Gasteiger partial charge in [-0.05, 0) is 35.9 Å². The van der Waals surface area contributed by atoms with E-state index < -0.39 is 5.91 Å². The lowest BCUT2D eigenvalue weighted by atomic mass is 10.2. The fraction of sp³-hybridized carbons (Fsp3) is 0. The van der Waals surface area contributed by atoms with Crippen LogP contribution in [0.5, 0.6) is 11.5 Å². The second-order valence-corrected chi connectivity index (χ2v) is 4.39. The molecule has 0 aliphatic carbocycles. The Morgan fingerprint density at radius 2 is 2.00 bits per heavy atom. The van der Waals surface area contributed by atoms with Crippen LogP contribution in [0.1, 0.15) is 15.9 Å². The molecule has 102 valence electrons. The summed E-state index contributed by atoms with van der Waals surface area (Å²) in [5.41, 5.74) is 2.92. The van der Waals surface area contributed by atoms with Gasteiger partial charge >= 0.3 is 0 Å². The van der Waals surface area contributed by atoms with Crippen molar-refractivity contribution in [2.45, 2.75) is 0 Å². The summed E-state index contributed by atoms with van der Waals surface area (Å²) in [5.74, 6) is -0.659. The molecule has 0 atom stereocenters. The van der Waals surface area contributed by atoms with Gasteiger partial charge in [-0.2, -0.15) is 5.10 Å². The average Bonchev–Trinajstić information content (AvgIpc) is 2.41. The molecule has 6 heteroatoms. The van der Waals surface area contributed by atoms with E-state index in [0.29, 0.717) is 10.6 Å². The molecule has 0 aromatic heterocycles. The highest BCUT2D eigenvalue weighted by Crippen LogP contribution is 2.21. The molecule has 0 bridgehead atoms. The minimum atomic E-state index is -0.582. The number of benzene rings is 2. The predicted octanol–water partition coefficient (Wildman–Crippen LogP) is 2.52. The SMILES string of the molecule is O=C(NN=Cc1cccc(O)c1)c1cc(Cl)ccc1O. The van der Waals surface area contributed by atoms with E-state index >= 15 is 0 Å². The summed E-state index contributed by atoms with van der Waals surface area (Å²) in [5, 5.41) is 22.9. The summed E-state index contributed by atoms with van der Waals surface area (Å²) >= 11 is 5.75. The number of hydrazone groups is 1. The van der Waals surface area contributed by atoms with Gasteiger partial charge in [0, 0.05) is 5.02 Å². The number of aromatic hydroxyl groups is 2. The van der Waals surface area contributed by atoms with E-state index in [-0.39, 0.29) is 17.1 Å². The fourth-order valence-electron chi connectivity index (χ4n) is 1.52. The Kier molecular flexibility index (Phi) is 4.22. The molecule has 0 saturated heterocycles. The summed E-state index contributed by atoms with van der Waals surface area (Å²) in [6.07, 6.45) is 1.37. The van der Waals surface area contributed by atoms with Crippen molar-refractivity contribution in [3.8, 4) is 11.5 Å². The van der Waals surface area contributed by atoms with Crippen molar-refractivity contribution >= 4 is 23.7 Å². The maximum atomic E-state index is 11.8. The molecule has 0 spiro atoms. The van der Waals surface area contributed by atoms with Crippen molar-refractivity contribution in [3.05, 3.63) is 58.6 Å². The Balaban J connectivity index is 2.07. The number of hydrogen-bond acceptors (Lipinski definition) is 4. The third kappa shape index (κ3) is 3.49. The highest BCUT2D eigenvalue weighted by Gasteiger charge is 2.10. The zero-order valence-corrected chi connectivity index (χ0v) is 11.0. The van der Waals surface area contributed by atoms with Gasteiger partial charge in [-0.25, -0.2) is 5.43 Å². The Bertz CT molecular complexity index is 671. The standard InChI is InChI=1S/C14H11ClN2O3/c15-10-4-5-13(19)12(7-10)14(20)17-16-8-9-2-1-3-11(18)6-9/h1-8,18-19H,(H,17,20). The maximum Gasteiger partial charge on any atom is 0.275 e. The molecule has 0 unspecified atom stereocenters. The van der Waals surface area contributed by atoms with Gasteiger partial charge in [0.25, 0.3) is 5.91 Å². The zero-order chi connectivity index (χ0) is 14.5. The van der Waals surface area contributed by atoms with Crippen LogP contribution in [0.2, 0.25) is 5.02 Å². The number of nitrogens with zero attached hydrogens (tertiary/aromatic N) is 1. The predicted molar refractivity (Wildman–Crippen MR) is 76.3 cm³/mol. The van der Waals surface area contributed by atoms with Gasteiger partial charge in [-0.1, -0.05) is 23.7 Å². The molecular weight excluding hydrogens is 280 g/mol. The first-order valence-electron chi connectivity index (χ1n) is 5.67. The Morgan fingerprint density at radius 3 is 2.75 bits per heavy atom. The molecule has 5 nitrogen and oxygen atoms in total. The maximum absolute atomic E-state index is 11.8. The molecule has 0 radical (unpaired) electrons. The quantitative estimate of drug-likeness (QED) is 0.600. The van der Waals surface area contributed by atoms with E-state index in [4.69, 9.17) is 11.6 Å². The van der Waals surface area contributed by atoms with E-state index in [1.54, 1.807) is 12.1 Å². The number of phenolic OH excluding ortho intramolecular Hbond substituents is 2. The Morgan fingerprint density at radius 1 is 1.20 bits per heavy atom. The number of rotatable bonds is 3. The number of carbonyl (C=O) groups is 1. The van der Waals surface area contributed by atoms with Crippen molar-refractivity contribution < 1.29 is 15.0 Å². The lowest BCUT2D eigenvalue weighted by molar-refractivity contribution is 0.0952. The molecule has 0 aliphatic heterocycles. The summed E-state index contributed by atoms with van der Waals surface area (Å²) < 4.78 is 0. The lowest BCUT2D eigenvalue weighted by Gasteiger charge is -2.03. The van der Waals surface area contributed by atoms with E-state index in [0.717, 1.165) is 0 Å². The van der Waals surface area contributed by atoms with Gasteiger partial charge in [-0.3, -0.25) is 4.79 Å². The minimum absolute atomic E-state index is 0.0329. The van der Waals surface area contributed by atoms with E-state index in [1.165, 1.54) is 36.5 Å². The molecule has 0 fully saturated rings. The molecule has 0 saturated carbocycles. The van der Waals surface area contributed by atoms with E-state index in [1.807, 2.05) is 0 Å². The van der Waals surface area contributed by atoms with Crippen LogP contribution in [-0.4, -0.2) is 22.3 Å². The third-order valence-electron chi connectivity index (χ3n) is 2.45. The number of carbonyl (C=O) groups excluding carboxylic acids is 1. The molecule has 2 rings (SSSR count). The molecule has 20 heavy (non-hydrogen) atoms. The number of nitrogens with one attached hydrogen (secondary N) is 1. The van der Waals surface area contributed by atoms with Crippen LogP contribution in [0.3, 0.4) is 0 Å². The highest BCUT2D eigenvalue weighted by molar-refractivity contribution is 6.31. The normalized spacial score (nSPS) is 10.7. The van der Waals surface area contributed by atoms with Crippen molar-refractivity contribution in [1.82, 2.24) is 5.43 Å². The van der Waals surface area contributed by atoms with Crippen molar-refractivity contribution in [3.63, 3.8) is 0 Å². The lowest BCUT2D eigenvalue weighted by Crippen LogP contribution is -2.17. The molecule has 0 heterocycles. The van der Waals surface area contributed by atoms with Gasteiger partial charge in [0.2, 0.25) is 0 Å². The summed E-state index contributed by atoms with van der Waals surface area (Å²) in [4.78, 5) is 11.8. The number of amides is 1. The topological polar surface area (TPSA) is 81.9 Å². The van der Waals surface area contributed by atoms with Crippen LogP contribution in [0.15, 0.2) is 47.6 Å². The van der Waals surface area contributed by atoms with Crippen molar-refractivity contribution in [2.24, 2.45) is 5.10 Å². The van der Waals surface area contributed by atoms with E-state index in [2.05, 4.69) is 10.5 Å². The smallest absolute Gasteiger partial charge is 0.275 e. The average molecular weight is 291 g/mol. The number of phenols is 2. The third-order valence-corrected chi connectivity index (χ3v) is 2.69. The van der Waals surface area contributed by atoms with E-state index in [9.17, 15) is 15.0 Å². The molecule has 3 N–H and O–H groups in total. The summed E-state index contributed by atoms with van der Waals surface area (Å²) in [7, 11) is 0. The minimum Gasteiger partial charge on any atom is -0.508 e. The van der Waals surface area contributed by atoms with Gasteiger partial charge in [0.15, 0.2) is 0 Å². The van der Waals surface area contributed by atoms with Crippen LogP contribution in [-0.2, 0) is 0 Å². The van der Waals surface area contributed by atoms with Crippen LogP contribution in [0, 0.1) is 0 Å².